The molecule has 2 nitrogen and oxygen atoms in total. The predicted molar refractivity (Wildman–Crippen MR) is 69.7 cm³/mol. The highest BCUT2D eigenvalue weighted by Crippen LogP contribution is 2.20. The van der Waals surface area contributed by atoms with E-state index < -0.39 is 0 Å². The van der Waals surface area contributed by atoms with E-state index >= 15 is 0 Å². The van der Waals surface area contributed by atoms with Crippen molar-refractivity contribution in [1.29, 1.82) is 0 Å². The molecule has 2 saturated heterocycles. The highest BCUT2D eigenvalue weighted by Gasteiger charge is 2.26. The summed E-state index contributed by atoms with van der Waals surface area (Å²) in [6, 6.07) is 0.849. The molecule has 2 fully saturated rings. The van der Waals surface area contributed by atoms with Gasteiger partial charge in [0, 0.05) is 19.1 Å². The Morgan fingerprint density at radius 1 is 1.12 bits per heavy atom. The minimum atomic E-state index is 0.849. The molecule has 0 spiro atoms. The van der Waals surface area contributed by atoms with Crippen molar-refractivity contribution in [2.45, 2.75) is 45.6 Å². The molecule has 2 rings (SSSR count). The summed E-state index contributed by atoms with van der Waals surface area (Å²) >= 11 is 0. The Bertz CT molecular complexity index is 243. The zero-order chi connectivity index (χ0) is 11.4. The summed E-state index contributed by atoms with van der Waals surface area (Å²) in [5.41, 5.74) is 1.45. The quantitative estimate of drug-likeness (QED) is 0.662. The van der Waals surface area contributed by atoms with E-state index in [1.807, 2.05) is 0 Å². The van der Waals surface area contributed by atoms with Gasteiger partial charge in [0.15, 0.2) is 0 Å². The SMILES string of the molecule is CC(C)=CCN1CCCN2CCCCC2C1. The second-order valence-corrected chi connectivity index (χ2v) is 5.58. The molecule has 0 aromatic rings. The number of fused-ring (bicyclic) bond motifs is 1. The van der Waals surface area contributed by atoms with Crippen molar-refractivity contribution < 1.29 is 0 Å². The van der Waals surface area contributed by atoms with Crippen molar-refractivity contribution in [1.82, 2.24) is 9.80 Å². The molecular formula is C14H26N2. The number of piperidine rings is 1. The summed E-state index contributed by atoms with van der Waals surface area (Å²) in [7, 11) is 0. The molecule has 2 heterocycles. The van der Waals surface area contributed by atoms with Gasteiger partial charge in [-0.15, -0.1) is 0 Å². The molecule has 2 aliphatic heterocycles. The maximum Gasteiger partial charge on any atom is 0.0223 e. The fourth-order valence-electron chi connectivity index (χ4n) is 2.93. The Morgan fingerprint density at radius 3 is 2.75 bits per heavy atom. The van der Waals surface area contributed by atoms with Crippen molar-refractivity contribution in [3.05, 3.63) is 11.6 Å². The molecule has 0 bridgehead atoms. The van der Waals surface area contributed by atoms with Crippen LogP contribution >= 0.6 is 0 Å². The number of hydrogen-bond acceptors (Lipinski definition) is 2. The second kappa shape index (κ2) is 5.83. The lowest BCUT2D eigenvalue weighted by molar-refractivity contribution is 0.140. The zero-order valence-electron chi connectivity index (χ0n) is 10.9. The van der Waals surface area contributed by atoms with Gasteiger partial charge in [0.2, 0.25) is 0 Å². The van der Waals surface area contributed by atoms with E-state index in [1.54, 1.807) is 0 Å². The first-order valence-electron chi connectivity index (χ1n) is 6.85. The van der Waals surface area contributed by atoms with E-state index in [0.29, 0.717) is 0 Å². The van der Waals surface area contributed by atoms with Crippen LogP contribution < -0.4 is 0 Å². The minimum absolute atomic E-state index is 0.849. The molecule has 2 heteroatoms. The summed E-state index contributed by atoms with van der Waals surface area (Å²) in [4.78, 5) is 5.37. The molecule has 0 aromatic carbocycles. The Hall–Kier alpha value is -0.340. The number of rotatable bonds is 2. The third-order valence-corrected chi connectivity index (χ3v) is 3.90. The Balaban J connectivity index is 1.89. The van der Waals surface area contributed by atoms with Gasteiger partial charge in [0.1, 0.15) is 0 Å². The van der Waals surface area contributed by atoms with Crippen molar-refractivity contribution in [3.8, 4) is 0 Å². The molecule has 0 N–H and O–H groups in total. The highest BCUT2D eigenvalue weighted by molar-refractivity contribution is 4.96. The van der Waals surface area contributed by atoms with Crippen molar-refractivity contribution >= 4 is 0 Å². The van der Waals surface area contributed by atoms with Crippen molar-refractivity contribution in [2.24, 2.45) is 0 Å². The molecule has 0 amide bonds. The maximum absolute atomic E-state index is 2.73. The lowest BCUT2D eigenvalue weighted by atomic mass is 10.0. The van der Waals surface area contributed by atoms with E-state index in [9.17, 15) is 0 Å². The lowest BCUT2D eigenvalue weighted by Gasteiger charge is -2.35. The molecular weight excluding hydrogens is 196 g/mol. The first-order chi connectivity index (χ1) is 7.75. The third-order valence-electron chi connectivity index (χ3n) is 3.90. The molecule has 1 atom stereocenters. The van der Waals surface area contributed by atoms with Crippen LogP contribution in [0.2, 0.25) is 0 Å². The van der Waals surface area contributed by atoms with Crippen LogP contribution in [0.25, 0.3) is 0 Å². The predicted octanol–water partition coefficient (Wildman–Crippen LogP) is 2.51. The summed E-state index contributed by atoms with van der Waals surface area (Å²) in [5, 5.41) is 0. The molecule has 92 valence electrons. The Morgan fingerprint density at radius 2 is 1.94 bits per heavy atom. The first-order valence-corrected chi connectivity index (χ1v) is 6.85. The molecule has 16 heavy (non-hydrogen) atoms. The van der Waals surface area contributed by atoms with E-state index in [0.717, 1.165) is 12.6 Å². The standard InChI is InChI=1S/C14H26N2/c1-13(2)7-11-15-8-5-10-16-9-4-3-6-14(16)12-15/h7,14H,3-6,8-12H2,1-2H3. The molecule has 0 aromatic heterocycles. The van der Waals surface area contributed by atoms with Gasteiger partial charge < -0.3 is 0 Å². The van der Waals surface area contributed by atoms with Crippen LogP contribution in [-0.2, 0) is 0 Å². The van der Waals surface area contributed by atoms with Crippen LogP contribution in [0.5, 0.6) is 0 Å². The van der Waals surface area contributed by atoms with Crippen molar-refractivity contribution in [2.75, 3.05) is 32.7 Å². The summed E-state index contributed by atoms with van der Waals surface area (Å²) in [6.45, 7) is 10.8. The average molecular weight is 222 g/mol. The van der Waals surface area contributed by atoms with Crippen LogP contribution in [0.15, 0.2) is 11.6 Å². The molecule has 0 radical (unpaired) electrons. The monoisotopic (exact) mass is 222 g/mol. The van der Waals surface area contributed by atoms with Gasteiger partial charge in [-0.2, -0.15) is 0 Å². The number of nitrogens with zero attached hydrogens (tertiary/aromatic N) is 2. The summed E-state index contributed by atoms with van der Waals surface area (Å²) in [5.74, 6) is 0. The van der Waals surface area contributed by atoms with Crippen LogP contribution in [-0.4, -0.2) is 48.6 Å². The molecule has 0 aliphatic carbocycles. The van der Waals surface area contributed by atoms with Crippen LogP contribution in [0.4, 0.5) is 0 Å². The van der Waals surface area contributed by atoms with Crippen LogP contribution in [0.1, 0.15) is 39.5 Å². The van der Waals surface area contributed by atoms with Gasteiger partial charge in [0.05, 0.1) is 0 Å². The average Bonchev–Trinajstić information content (AvgIpc) is 2.47. The van der Waals surface area contributed by atoms with Crippen molar-refractivity contribution in [3.63, 3.8) is 0 Å². The van der Waals surface area contributed by atoms with Gasteiger partial charge in [0.25, 0.3) is 0 Å². The topological polar surface area (TPSA) is 6.48 Å². The number of hydrogen-bond donors (Lipinski definition) is 0. The summed E-state index contributed by atoms with van der Waals surface area (Å²) < 4.78 is 0. The number of allylic oxidation sites excluding steroid dienone is 1. The van der Waals surface area contributed by atoms with Gasteiger partial charge in [-0.3, -0.25) is 9.80 Å². The van der Waals surface area contributed by atoms with Gasteiger partial charge in [-0.25, -0.2) is 0 Å². The smallest absolute Gasteiger partial charge is 0.0223 e. The fraction of sp³-hybridized carbons (Fsp3) is 0.857. The van der Waals surface area contributed by atoms with Crippen LogP contribution in [0.3, 0.4) is 0 Å². The zero-order valence-corrected chi connectivity index (χ0v) is 10.9. The minimum Gasteiger partial charge on any atom is -0.299 e. The van der Waals surface area contributed by atoms with E-state index in [4.69, 9.17) is 0 Å². The van der Waals surface area contributed by atoms with Gasteiger partial charge >= 0.3 is 0 Å². The second-order valence-electron chi connectivity index (χ2n) is 5.58. The Kier molecular flexibility index (Phi) is 4.42. The first kappa shape index (κ1) is 12.1. The summed E-state index contributed by atoms with van der Waals surface area (Å²) in [6.07, 6.45) is 8.01. The lowest BCUT2D eigenvalue weighted by Crippen LogP contribution is -2.44. The van der Waals surface area contributed by atoms with Gasteiger partial charge in [-0.05, 0) is 52.7 Å². The largest absolute Gasteiger partial charge is 0.299 e. The van der Waals surface area contributed by atoms with Gasteiger partial charge in [-0.1, -0.05) is 18.1 Å². The fourth-order valence-corrected chi connectivity index (χ4v) is 2.93. The molecule has 1 unspecified atom stereocenters. The highest BCUT2D eigenvalue weighted by atomic mass is 15.2. The normalized spacial score (nSPS) is 28.2. The Labute approximate surface area is 100 Å². The van der Waals surface area contributed by atoms with E-state index in [1.165, 1.54) is 57.4 Å². The van der Waals surface area contributed by atoms with E-state index in [-0.39, 0.29) is 0 Å². The van der Waals surface area contributed by atoms with E-state index in [2.05, 4.69) is 29.7 Å². The van der Waals surface area contributed by atoms with Crippen LogP contribution in [0, 0.1) is 0 Å². The molecule has 0 saturated carbocycles. The maximum atomic E-state index is 2.73. The molecule has 2 aliphatic rings. The third kappa shape index (κ3) is 3.33.